The fourth-order valence-corrected chi connectivity index (χ4v) is 6.15. The highest BCUT2D eigenvalue weighted by Gasteiger charge is 2.46. The summed E-state index contributed by atoms with van der Waals surface area (Å²) in [6.07, 6.45) is 6.12. The van der Waals surface area contributed by atoms with Crippen molar-refractivity contribution in [1.82, 2.24) is 26.0 Å². The molecule has 6 unspecified atom stereocenters. The summed E-state index contributed by atoms with van der Waals surface area (Å²) in [6, 6.07) is 0.893. The van der Waals surface area contributed by atoms with Gasteiger partial charge in [0.05, 0.1) is 31.1 Å². The predicted molar refractivity (Wildman–Crippen MR) is 103 cm³/mol. The van der Waals surface area contributed by atoms with Crippen molar-refractivity contribution < 1.29 is 9.13 Å². The summed E-state index contributed by atoms with van der Waals surface area (Å²) in [7, 11) is 0. The molecule has 0 aromatic heterocycles. The van der Waals surface area contributed by atoms with Crippen LogP contribution >= 0.6 is 0 Å². The minimum Gasteiger partial charge on any atom is -0.378 e. The van der Waals surface area contributed by atoms with Crippen LogP contribution < -0.4 is 16.1 Å². The van der Waals surface area contributed by atoms with E-state index < -0.39 is 6.17 Å². The average molecular weight is 382 g/mol. The smallest absolute Gasteiger partial charge is 0.101 e. The van der Waals surface area contributed by atoms with Crippen LogP contribution in [0.5, 0.6) is 0 Å². The number of fused-ring (bicyclic) bond motifs is 5. The van der Waals surface area contributed by atoms with Crippen molar-refractivity contribution in [3.05, 3.63) is 0 Å². The molecule has 154 valence electrons. The van der Waals surface area contributed by atoms with E-state index in [4.69, 9.17) is 4.74 Å². The summed E-state index contributed by atoms with van der Waals surface area (Å²) in [5.74, 6) is 0.817. The van der Waals surface area contributed by atoms with Gasteiger partial charge in [0.15, 0.2) is 0 Å². The number of ether oxygens (including phenoxy) is 1. The summed E-state index contributed by atoms with van der Waals surface area (Å²) >= 11 is 0. The second-order valence-electron chi connectivity index (χ2n) is 9.48. The van der Waals surface area contributed by atoms with Crippen molar-refractivity contribution in [2.75, 3.05) is 32.8 Å². The molecule has 0 amide bonds. The van der Waals surface area contributed by atoms with Gasteiger partial charge in [-0.25, -0.2) is 9.40 Å². The summed E-state index contributed by atoms with van der Waals surface area (Å²) in [5.41, 5.74) is 3.56. The maximum Gasteiger partial charge on any atom is 0.101 e. The van der Waals surface area contributed by atoms with Crippen LogP contribution in [-0.4, -0.2) is 79.4 Å². The van der Waals surface area contributed by atoms with Crippen molar-refractivity contribution in [2.24, 2.45) is 11.8 Å². The molecule has 4 saturated heterocycles. The van der Waals surface area contributed by atoms with Crippen LogP contribution in [0.4, 0.5) is 4.39 Å². The Morgan fingerprint density at radius 1 is 1.07 bits per heavy atom. The Bertz CT molecular complexity index is 525. The zero-order valence-corrected chi connectivity index (χ0v) is 16.6. The van der Waals surface area contributed by atoms with Gasteiger partial charge >= 0.3 is 0 Å². The van der Waals surface area contributed by atoms with Crippen molar-refractivity contribution in [2.45, 2.75) is 82.1 Å². The second kappa shape index (κ2) is 7.84. The van der Waals surface area contributed by atoms with Crippen LogP contribution in [0.3, 0.4) is 0 Å². The van der Waals surface area contributed by atoms with E-state index in [2.05, 4.69) is 32.9 Å². The van der Waals surface area contributed by atoms with Gasteiger partial charge in [-0.05, 0) is 51.0 Å². The molecule has 5 aliphatic rings. The number of rotatable bonds is 0. The molecule has 27 heavy (non-hydrogen) atoms. The van der Waals surface area contributed by atoms with Gasteiger partial charge in [-0.2, -0.15) is 0 Å². The number of halogens is 1. The third-order valence-corrected chi connectivity index (χ3v) is 7.57. The Balaban J connectivity index is 1.41. The molecule has 0 radical (unpaired) electrons. The van der Waals surface area contributed by atoms with E-state index in [1.54, 1.807) is 0 Å². The normalized spacial score (nSPS) is 49.6. The van der Waals surface area contributed by atoms with E-state index in [0.717, 1.165) is 45.6 Å². The molecule has 4 aliphatic heterocycles. The first-order chi connectivity index (χ1) is 13.2. The van der Waals surface area contributed by atoms with E-state index in [9.17, 15) is 4.39 Å². The predicted octanol–water partition coefficient (Wildman–Crippen LogP) is 1.05. The molecule has 7 heteroatoms. The number of alkyl halides is 1. The molecule has 4 heterocycles. The lowest BCUT2D eigenvalue weighted by Crippen LogP contribution is -2.65. The number of hydrogen-bond acceptors (Lipinski definition) is 6. The van der Waals surface area contributed by atoms with Crippen molar-refractivity contribution in [3.8, 4) is 0 Å². The number of nitrogens with one attached hydrogen (secondary N) is 3. The lowest BCUT2D eigenvalue weighted by molar-refractivity contribution is -0.0722. The first-order valence-corrected chi connectivity index (χ1v) is 11.2. The van der Waals surface area contributed by atoms with Crippen LogP contribution in [0.2, 0.25) is 0 Å². The quantitative estimate of drug-likeness (QED) is 0.583. The zero-order valence-electron chi connectivity index (χ0n) is 16.6. The number of hydrogen-bond donors (Lipinski definition) is 3. The van der Waals surface area contributed by atoms with Gasteiger partial charge in [0, 0.05) is 31.6 Å². The minimum atomic E-state index is -0.648. The van der Waals surface area contributed by atoms with Crippen LogP contribution in [0.25, 0.3) is 0 Å². The van der Waals surface area contributed by atoms with E-state index in [1.165, 1.54) is 12.8 Å². The van der Waals surface area contributed by atoms with Gasteiger partial charge in [-0.15, -0.1) is 0 Å². The van der Waals surface area contributed by atoms with E-state index in [0.29, 0.717) is 49.1 Å². The maximum atomic E-state index is 14.4. The SMILES string of the molecule is C[C@@H]1CNC2CNN3CCC(NC23)N2CCC[C@@H]2C2CC(F)CCC2OC1. The molecule has 1 aliphatic carbocycles. The van der Waals surface area contributed by atoms with Crippen molar-refractivity contribution in [1.29, 1.82) is 0 Å². The third kappa shape index (κ3) is 3.67. The monoisotopic (exact) mass is 381 g/mol. The minimum absolute atomic E-state index is 0.229. The molecule has 8 atom stereocenters. The zero-order chi connectivity index (χ0) is 18.4. The Labute approximate surface area is 162 Å². The summed E-state index contributed by atoms with van der Waals surface area (Å²) in [5, 5.41) is 10.1. The highest BCUT2D eigenvalue weighted by molar-refractivity contribution is 4.99. The molecule has 3 N–H and O–H groups in total. The van der Waals surface area contributed by atoms with Crippen molar-refractivity contribution >= 4 is 0 Å². The average Bonchev–Trinajstić information content (AvgIpc) is 3.31. The Morgan fingerprint density at radius 2 is 2.00 bits per heavy atom. The Hall–Kier alpha value is -0.310. The van der Waals surface area contributed by atoms with Gasteiger partial charge in [0.2, 0.25) is 0 Å². The highest BCUT2D eigenvalue weighted by Crippen LogP contribution is 2.39. The molecule has 1 saturated carbocycles. The molecule has 5 rings (SSSR count). The van der Waals surface area contributed by atoms with Crippen LogP contribution in [0, 0.1) is 11.8 Å². The largest absolute Gasteiger partial charge is 0.378 e. The molecule has 0 spiro atoms. The molecule has 0 aromatic rings. The van der Waals surface area contributed by atoms with Gasteiger partial charge in [0.1, 0.15) is 6.17 Å². The van der Waals surface area contributed by atoms with Crippen LogP contribution in [0.15, 0.2) is 0 Å². The standard InChI is InChI=1S/C20H36FN5O/c1-13-10-22-16-11-23-26-8-6-19(24-20(16)26)25-7-2-3-17(25)15-9-14(21)4-5-18(15)27-12-13/h13-20,22-24H,2-12H2,1H3/t13-,14?,15?,16?,17-,18?,19?,20?/m1/s1. The van der Waals surface area contributed by atoms with E-state index >= 15 is 0 Å². The maximum absolute atomic E-state index is 14.4. The summed E-state index contributed by atoms with van der Waals surface area (Å²) in [6.45, 7) is 7.22. The third-order valence-electron chi connectivity index (χ3n) is 7.57. The molecular weight excluding hydrogens is 345 g/mol. The van der Waals surface area contributed by atoms with Gasteiger partial charge < -0.3 is 10.1 Å². The fraction of sp³-hybridized carbons (Fsp3) is 1.00. The van der Waals surface area contributed by atoms with Gasteiger partial charge in [0.25, 0.3) is 0 Å². The first kappa shape index (κ1) is 18.7. The summed E-state index contributed by atoms with van der Waals surface area (Å²) < 4.78 is 20.8. The fourth-order valence-electron chi connectivity index (χ4n) is 6.15. The van der Waals surface area contributed by atoms with E-state index in [-0.39, 0.29) is 6.10 Å². The molecular formula is C20H36FN5O. The van der Waals surface area contributed by atoms with Gasteiger partial charge in [-0.3, -0.25) is 15.6 Å². The Kier molecular flexibility index (Phi) is 5.43. The Morgan fingerprint density at radius 3 is 2.93 bits per heavy atom. The number of hydrazine groups is 1. The lowest BCUT2D eigenvalue weighted by atomic mass is 9.79. The topological polar surface area (TPSA) is 51.8 Å². The number of nitrogens with zero attached hydrogens (tertiary/aromatic N) is 2. The summed E-state index contributed by atoms with van der Waals surface area (Å²) in [4.78, 5) is 2.67. The molecule has 0 aromatic carbocycles. The van der Waals surface area contributed by atoms with Crippen molar-refractivity contribution in [3.63, 3.8) is 0 Å². The lowest BCUT2D eigenvalue weighted by Gasteiger charge is -2.46. The van der Waals surface area contributed by atoms with Crippen LogP contribution in [-0.2, 0) is 4.74 Å². The first-order valence-electron chi connectivity index (χ1n) is 11.2. The van der Waals surface area contributed by atoms with Gasteiger partial charge in [-0.1, -0.05) is 6.92 Å². The highest BCUT2D eigenvalue weighted by atomic mass is 19.1. The van der Waals surface area contributed by atoms with E-state index in [1.807, 2.05) is 0 Å². The van der Waals surface area contributed by atoms with Crippen LogP contribution in [0.1, 0.15) is 45.4 Å². The molecule has 6 nitrogen and oxygen atoms in total. The molecule has 2 bridgehead atoms. The second-order valence-corrected chi connectivity index (χ2v) is 9.48. The molecule has 5 fully saturated rings.